The predicted molar refractivity (Wildman–Crippen MR) is 89.2 cm³/mol. The van der Waals surface area contributed by atoms with E-state index in [0.29, 0.717) is 17.1 Å². The van der Waals surface area contributed by atoms with Gasteiger partial charge in [0.05, 0.1) is 11.1 Å². The molecule has 0 aliphatic heterocycles. The van der Waals surface area contributed by atoms with Crippen LogP contribution >= 0.6 is 12.4 Å². The Hall–Kier alpha value is -1.42. The highest BCUT2D eigenvalue weighted by atomic mass is 35.5. The number of halogens is 1. The molecule has 24 heavy (non-hydrogen) atoms. The van der Waals surface area contributed by atoms with Crippen molar-refractivity contribution in [2.75, 3.05) is 14.1 Å². The molecule has 0 bridgehead atoms. The lowest BCUT2D eigenvalue weighted by Gasteiger charge is -2.17. The van der Waals surface area contributed by atoms with Crippen molar-refractivity contribution in [2.45, 2.75) is 43.2 Å². The molecule has 10 heteroatoms. The number of hydrogen-bond donors (Lipinski definition) is 1. The van der Waals surface area contributed by atoms with Crippen LogP contribution in [-0.2, 0) is 15.6 Å². The van der Waals surface area contributed by atoms with Crippen LogP contribution in [0.2, 0.25) is 0 Å². The smallest absolute Gasteiger partial charge is 0.275 e. The maximum atomic E-state index is 12.1. The highest BCUT2D eigenvalue weighted by Crippen LogP contribution is 2.36. The van der Waals surface area contributed by atoms with Crippen LogP contribution in [0.4, 0.5) is 0 Å². The molecule has 0 unspecified atom stereocenters. The standard InChI is InChI=1S/C14H20N4O4S.ClH/c1-9-10(8-11(21-9)23(19,20)18(2)3)12-16-13(17-22-12)14(15)6-4-5-7-14;/h8H,4-7,15H2,1-3H3;1H. The Labute approximate surface area is 146 Å². The number of rotatable bonds is 4. The predicted octanol–water partition coefficient (Wildman–Crippen LogP) is 2.04. The fraction of sp³-hybridized carbons (Fsp3) is 0.571. The summed E-state index contributed by atoms with van der Waals surface area (Å²) in [6.45, 7) is 1.65. The highest BCUT2D eigenvalue weighted by molar-refractivity contribution is 7.88. The Bertz CT molecular complexity index is 822. The van der Waals surface area contributed by atoms with E-state index in [9.17, 15) is 8.42 Å². The second-order valence-corrected chi connectivity index (χ2v) is 8.19. The van der Waals surface area contributed by atoms with E-state index >= 15 is 0 Å². The molecule has 0 saturated heterocycles. The Morgan fingerprint density at radius 2 is 1.92 bits per heavy atom. The summed E-state index contributed by atoms with van der Waals surface area (Å²) in [6, 6.07) is 1.40. The summed E-state index contributed by atoms with van der Waals surface area (Å²) in [7, 11) is -0.775. The van der Waals surface area contributed by atoms with Gasteiger partial charge in [0.15, 0.2) is 5.82 Å². The second-order valence-electron chi connectivity index (χ2n) is 6.11. The first-order valence-electron chi connectivity index (χ1n) is 7.40. The summed E-state index contributed by atoms with van der Waals surface area (Å²) < 4.78 is 36.0. The van der Waals surface area contributed by atoms with Gasteiger partial charge >= 0.3 is 0 Å². The van der Waals surface area contributed by atoms with Crippen molar-refractivity contribution in [1.82, 2.24) is 14.4 Å². The lowest BCUT2D eigenvalue weighted by molar-refractivity contribution is 0.372. The normalized spacial score (nSPS) is 17.2. The SMILES string of the molecule is Cc1oc(S(=O)(=O)N(C)C)cc1-c1nc(C2(N)CCCC2)no1.Cl. The first kappa shape index (κ1) is 18.9. The van der Waals surface area contributed by atoms with Crippen molar-refractivity contribution >= 4 is 22.4 Å². The molecular weight excluding hydrogens is 356 g/mol. The maximum Gasteiger partial charge on any atom is 0.275 e. The Kier molecular flexibility index (Phi) is 5.10. The Morgan fingerprint density at radius 1 is 1.29 bits per heavy atom. The molecule has 0 amide bonds. The largest absolute Gasteiger partial charge is 0.448 e. The van der Waals surface area contributed by atoms with Gasteiger partial charge in [-0.1, -0.05) is 18.0 Å². The topological polar surface area (TPSA) is 115 Å². The summed E-state index contributed by atoms with van der Waals surface area (Å²) in [5.74, 6) is 1.08. The molecule has 0 spiro atoms. The minimum absolute atomic E-state index is 0. The van der Waals surface area contributed by atoms with Crippen LogP contribution in [0.3, 0.4) is 0 Å². The number of aryl methyl sites for hydroxylation is 1. The number of furan rings is 1. The third-order valence-electron chi connectivity index (χ3n) is 4.23. The van der Waals surface area contributed by atoms with Crippen molar-refractivity contribution in [2.24, 2.45) is 5.73 Å². The monoisotopic (exact) mass is 376 g/mol. The van der Waals surface area contributed by atoms with E-state index in [2.05, 4.69) is 10.1 Å². The van der Waals surface area contributed by atoms with Gasteiger partial charge in [0.1, 0.15) is 5.76 Å². The molecule has 134 valence electrons. The van der Waals surface area contributed by atoms with E-state index in [1.807, 2.05) is 0 Å². The zero-order valence-corrected chi connectivity index (χ0v) is 15.4. The van der Waals surface area contributed by atoms with Crippen LogP contribution in [0.25, 0.3) is 11.5 Å². The van der Waals surface area contributed by atoms with Crippen molar-refractivity contribution in [3.63, 3.8) is 0 Å². The Morgan fingerprint density at radius 3 is 2.50 bits per heavy atom. The van der Waals surface area contributed by atoms with Gasteiger partial charge in [-0.2, -0.15) is 4.98 Å². The zero-order valence-electron chi connectivity index (χ0n) is 13.8. The summed E-state index contributed by atoms with van der Waals surface area (Å²) in [4.78, 5) is 4.36. The summed E-state index contributed by atoms with van der Waals surface area (Å²) in [5.41, 5.74) is 6.22. The molecule has 0 aromatic carbocycles. The molecule has 2 N–H and O–H groups in total. The summed E-state index contributed by atoms with van der Waals surface area (Å²) >= 11 is 0. The average Bonchev–Trinajstić information content (AvgIpc) is 3.17. The number of hydrogen-bond acceptors (Lipinski definition) is 7. The van der Waals surface area contributed by atoms with Crippen LogP contribution in [0.5, 0.6) is 0 Å². The molecule has 1 saturated carbocycles. The minimum Gasteiger partial charge on any atom is -0.448 e. The number of sulfonamides is 1. The van der Waals surface area contributed by atoms with Crippen molar-refractivity contribution in [1.29, 1.82) is 0 Å². The summed E-state index contributed by atoms with van der Waals surface area (Å²) in [6.07, 6.45) is 3.71. The molecule has 1 fully saturated rings. The van der Waals surface area contributed by atoms with Gasteiger partial charge in [0.25, 0.3) is 15.9 Å². The lowest BCUT2D eigenvalue weighted by Crippen LogP contribution is -2.34. The quantitative estimate of drug-likeness (QED) is 0.867. The molecular formula is C14H21ClN4O4S. The first-order valence-corrected chi connectivity index (χ1v) is 8.84. The molecule has 2 aromatic heterocycles. The molecule has 1 aliphatic carbocycles. The molecule has 0 radical (unpaired) electrons. The summed E-state index contributed by atoms with van der Waals surface area (Å²) in [5, 5.41) is 3.83. The van der Waals surface area contributed by atoms with Crippen LogP contribution < -0.4 is 5.73 Å². The van der Waals surface area contributed by atoms with Crippen LogP contribution in [0.15, 0.2) is 20.1 Å². The highest BCUT2D eigenvalue weighted by Gasteiger charge is 2.36. The maximum absolute atomic E-state index is 12.1. The van der Waals surface area contributed by atoms with Gasteiger partial charge in [-0.25, -0.2) is 12.7 Å². The van der Waals surface area contributed by atoms with Crippen molar-refractivity contribution in [3.05, 3.63) is 17.7 Å². The number of nitrogens with two attached hydrogens (primary N) is 1. The van der Waals surface area contributed by atoms with Crippen LogP contribution in [-0.4, -0.2) is 37.0 Å². The van der Waals surface area contributed by atoms with E-state index < -0.39 is 15.6 Å². The fourth-order valence-electron chi connectivity index (χ4n) is 2.74. The molecule has 2 aromatic rings. The van der Waals surface area contributed by atoms with Crippen molar-refractivity contribution < 1.29 is 17.4 Å². The molecule has 1 aliphatic rings. The van der Waals surface area contributed by atoms with Gasteiger partial charge in [-0.05, 0) is 19.8 Å². The molecule has 8 nitrogen and oxygen atoms in total. The molecule has 2 heterocycles. The second kappa shape index (κ2) is 6.47. The van der Waals surface area contributed by atoms with E-state index in [-0.39, 0.29) is 23.4 Å². The average molecular weight is 377 g/mol. The van der Waals surface area contributed by atoms with Crippen LogP contribution in [0, 0.1) is 6.92 Å². The van der Waals surface area contributed by atoms with E-state index in [1.54, 1.807) is 6.92 Å². The molecule has 3 rings (SSSR count). The lowest BCUT2D eigenvalue weighted by atomic mass is 9.99. The zero-order chi connectivity index (χ0) is 16.8. The minimum atomic E-state index is -3.66. The van der Waals surface area contributed by atoms with Gasteiger partial charge in [-0.15, -0.1) is 12.4 Å². The van der Waals surface area contributed by atoms with Crippen molar-refractivity contribution in [3.8, 4) is 11.5 Å². The van der Waals surface area contributed by atoms with Gasteiger partial charge in [0, 0.05) is 20.2 Å². The van der Waals surface area contributed by atoms with Gasteiger partial charge < -0.3 is 14.7 Å². The van der Waals surface area contributed by atoms with Gasteiger partial charge in [0.2, 0.25) is 5.09 Å². The van der Waals surface area contributed by atoms with Crippen LogP contribution in [0.1, 0.15) is 37.3 Å². The van der Waals surface area contributed by atoms with E-state index in [0.717, 1.165) is 30.0 Å². The third kappa shape index (κ3) is 3.08. The van der Waals surface area contributed by atoms with E-state index in [4.69, 9.17) is 14.7 Å². The number of aromatic nitrogens is 2. The fourth-order valence-corrected chi connectivity index (χ4v) is 3.60. The van der Waals surface area contributed by atoms with E-state index in [1.165, 1.54) is 20.2 Å². The molecule has 0 atom stereocenters. The van der Waals surface area contributed by atoms with Gasteiger partial charge in [-0.3, -0.25) is 0 Å². The Balaban J connectivity index is 0.00000208. The first-order chi connectivity index (χ1) is 10.7. The number of nitrogens with zero attached hydrogens (tertiary/aromatic N) is 3. The third-order valence-corrected chi connectivity index (χ3v) is 5.90.